The molecule has 1 atom stereocenters. The Morgan fingerprint density at radius 2 is 1.88 bits per heavy atom. The lowest BCUT2D eigenvalue weighted by molar-refractivity contribution is -0.124. The number of fused-ring (bicyclic) bond motifs is 1. The number of thiocarbonyl (C=S) groups is 1. The first-order valence-electron chi connectivity index (χ1n) is 7.79. The van der Waals surface area contributed by atoms with Crippen molar-refractivity contribution < 1.29 is 4.79 Å². The molecular weight excluding hydrogens is 363 g/mol. The molecule has 1 heterocycles. The average molecular weight is 383 g/mol. The molecule has 0 bridgehead atoms. The summed E-state index contributed by atoms with van der Waals surface area (Å²) in [4.78, 5) is 14.9. The lowest BCUT2D eigenvalue weighted by Gasteiger charge is -2.24. The van der Waals surface area contributed by atoms with Gasteiger partial charge >= 0.3 is 0 Å². The molecule has 24 heavy (non-hydrogen) atoms. The van der Waals surface area contributed by atoms with Crippen molar-refractivity contribution in [2.24, 2.45) is 5.41 Å². The largest absolute Gasteiger partial charge is 0.347 e. The minimum atomic E-state index is -1.00. The highest BCUT2D eigenvalue weighted by atomic mass is 35.5. The van der Waals surface area contributed by atoms with Crippen molar-refractivity contribution in [3.63, 3.8) is 0 Å². The zero-order valence-electron chi connectivity index (χ0n) is 14.1. The highest BCUT2D eigenvalue weighted by Gasteiger charge is 2.68. The van der Waals surface area contributed by atoms with Crippen LogP contribution in [0.25, 0.3) is 0 Å². The minimum absolute atomic E-state index is 0.188. The molecule has 1 fully saturated rings. The molecule has 6 heteroatoms. The summed E-state index contributed by atoms with van der Waals surface area (Å²) in [5.41, 5.74) is 2.46. The van der Waals surface area contributed by atoms with E-state index in [1.807, 2.05) is 25.3 Å². The first kappa shape index (κ1) is 17.7. The van der Waals surface area contributed by atoms with Crippen LogP contribution >= 0.6 is 35.4 Å². The van der Waals surface area contributed by atoms with Crippen LogP contribution < -0.4 is 10.2 Å². The second kappa shape index (κ2) is 5.45. The third-order valence-corrected chi connectivity index (χ3v) is 6.53. The Balaban J connectivity index is 1.82. The van der Waals surface area contributed by atoms with Crippen molar-refractivity contribution in [1.82, 2.24) is 5.32 Å². The van der Waals surface area contributed by atoms with Crippen molar-refractivity contribution >= 4 is 52.0 Å². The van der Waals surface area contributed by atoms with Crippen molar-refractivity contribution in [2.75, 3.05) is 11.9 Å². The van der Waals surface area contributed by atoms with E-state index in [4.69, 9.17) is 35.4 Å². The Labute approximate surface area is 158 Å². The number of anilines is 1. The minimum Gasteiger partial charge on any atom is -0.347 e. The molecule has 2 aliphatic rings. The van der Waals surface area contributed by atoms with Crippen LogP contribution in [0.3, 0.4) is 0 Å². The fourth-order valence-corrected chi connectivity index (χ4v) is 4.23. The number of para-hydroxylation sites is 1. The zero-order valence-corrected chi connectivity index (χ0v) is 16.4. The second-order valence-corrected chi connectivity index (χ2v) is 9.19. The van der Waals surface area contributed by atoms with Gasteiger partial charge in [0.2, 0.25) is 5.91 Å². The van der Waals surface area contributed by atoms with Crippen LogP contribution in [0.4, 0.5) is 5.69 Å². The van der Waals surface area contributed by atoms with Gasteiger partial charge in [-0.05, 0) is 31.1 Å². The number of rotatable bonds is 2. The molecule has 1 saturated carbocycles. The average Bonchev–Trinajstić information content (AvgIpc) is 2.96. The molecule has 1 aliphatic carbocycles. The van der Waals surface area contributed by atoms with Crippen LogP contribution in [0.15, 0.2) is 36.0 Å². The summed E-state index contributed by atoms with van der Waals surface area (Å²) in [6.45, 7) is 6.05. The summed E-state index contributed by atoms with van der Waals surface area (Å²) in [5.74, 6) is -0.231. The van der Waals surface area contributed by atoms with Gasteiger partial charge in [0.25, 0.3) is 0 Å². The van der Waals surface area contributed by atoms with Crippen LogP contribution in [-0.2, 0) is 10.2 Å². The highest BCUT2D eigenvalue weighted by molar-refractivity contribution is 7.80. The second-order valence-electron chi connectivity index (χ2n) is 7.26. The number of halogens is 2. The van der Waals surface area contributed by atoms with E-state index in [1.54, 1.807) is 6.92 Å². The SMILES string of the molecule is CN1/C(=C/C(=S)NC(=O)C2(C)CC2(Cl)Cl)C(C)(C)c2ccccc21. The molecule has 0 aromatic heterocycles. The predicted molar refractivity (Wildman–Crippen MR) is 104 cm³/mol. The van der Waals surface area contributed by atoms with Crippen molar-refractivity contribution in [1.29, 1.82) is 0 Å². The van der Waals surface area contributed by atoms with Gasteiger partial charge in [0.05, 0.1) is 5.41 Å². The quantitative estimate of drug-likeness (QED) is 0.469. The standard InChI is InChI=1S/C18H20Cl2N2OS/c1-16(2)11-7-5-6-8-12(11)22(4)13(16)9-14(24)21-15(23)17(3)10-18(17,19)20/h5-9H,10H2,1-4H3,(H,21,23,24)/b13-9+. The third kappa shape index (κ3) is 2.56. The summed E-state index contributed by atoms with van der Waals surface area (Å²) in [5, 5.41) is 2.77. The third-order valence-electron chi connectivity index (χ3n) is 5.20. The molecule has 1 unspecified atom stereocenters. The molecule has 0 saturated heterocycles. The Morgan fingerprint density at radius 3 is 2.42 bits per heavy atom. The van der Waals surface area contributed by atoms with Crippen LogP contribution in [0.1, 0.15) is 32.8 Å². The maximum atomic E-state index is 12.4. The molecule has 128 valence electrons. The zero-order chi connectivity index (χ0) is 17.9. The van der Waals surface area contributed by atoms with E-state index in [9.17, 15) is 4.79 Å². The molecule has 3 nitrogen and oxygen atoms in total. The number of likely N-dealkylation sites (N-methyl/N-ethyl adjacent to an activating group) is 1. The fourth-order valence-electron chi connectivity index (χ4n) is 3.32. The highest BCUT2D eigenvalue weighted by Crippen LogP contribution is 2.63. The summed E-state index contributed by atoms with van der Waals surface area (Å²) in [7, 11) is 2.01. The van der Waals surface area contributed by atoms with Gasteiger partial charge in [0.1, 0.15) is 9.32 Å². The van der Waals surface area contributed by atoms with Gasteiger partial charge in [-0.3, -0.25) is 4.79 Å². The van der Waals surface area contributed by atoms with Crippen molar-refractivity contribution in [2.45, 2.75) is 36.9 Å². The Hall–Kier alpha value is -1.10. The van der Waals surface area contributed by atoms with Crippen molar-refractivity contribution in [3.05, 3.63) is 41.6 Å². The van der Waals surface area contributed by atoms with E-state index in [0.29, 0.717) is 11.4 Å². The van der Waals surface area contributed by atoms with E-state index < -0.39 is 9.75 Å². The number of nitrogens with zero attached hydrogens (tertiary/aromatic N) is 1. The molecule has 1 aromatic rings. The molecule has 3 rings (SSSR count). The van der Waals surface area contributed by atoms with Gasteiger partial charge in [-0.1, -0.05) is 44.3 Å². The number of hydrogen-bond acceptors (Lipinski definition) is 3. The van der Waals surface area contributed by atoms with Crippen LogP contribution in [0, 0.1) is 5.41 Å². The number of benzene rings is 1. The summed E-state index contributed by atoms with van der Waals surface area (Å²) in [6.07, 6.45) is 2.29. The number of alkyl halides is 2. The van der Waals surface area contributed by atoms with Gasteiger partial charge in [-0.15, -0.1) is 23.2 Å². The Bertz CT molecular complexity index is 772. The van der Waals surface area contributed by atoms with Gasteiger partial charge < -0.3 is 10.2 Å². The first-order valence-corrected chi connectivity index (χ1v) is 8.96. The monoisotopic (exact) mass is 382 g/mol. The lowest BCUT2D eigenvalue weighted by Crippen LogP contribution is -2.37. The van der Waals surface area contributed by atoms with E-state index in [1.165, 1.54) is 5.56 Å². The Morgan fingerprint density at radius 1 is 1.29 bits per heavy atom. The summed E-state index contributed by atoms with van der Waals surface area (Å²) < 4.78 is -1.00. The molecule has 0 radical (unpaired) electrons. The molecule has 1 N–H and O–H groups in total. The maximum absolute atomic E-state index is 12.4. The molecular formula is C18H20Cl2N2OS. The topological polar surface area (TPSA) is 32.3 Å². The normalized spacial score (nSPS) is 27.8. The van der Waals surface area contributed by atoms with Gasteiger partial charge in [-0.25, -0.2) is 0 Å². The predicted octanol–water partition coefficient (Wildman–Crippen LogP) is 4.33. The van der Waals surface area contributed by atoms with Crippen molar-refractivity contribution in [3.8, 4) is 0 Å². The number of nitrogens with one attached hydrogen (secondary N) is 1. The lowest BCUT2D eigenvalue weighted by atomic mass is 9.84. The summed E-state index contributed by atoms with van der Waals surface area (Å²) in [6, 6.07) is 8.25. The number of carbonyl (C=O) groups excluding carboxylic acids is 1. The number of amides is 1. The Kier molecular flexibility index (Phi) is 4.02. The number of hydrogen-bond donors (Lipinski definition) is 1. The van der Waals surface area contributed by atoms with E-state index in [0.717, 1.165) is 11.4 Å². The molecule has 1 aromatic carbocycles. The number of carbonyl (C=O) groups is 1. The van der Waals surface area contributed by atoms with Crippen LogP contribution in [-0.4, -0.2) is 22.3 Å². The maximum Gasteiger partial charge on any atom is 0.234 e. The van der Waals surface area contributed by atoms with Gasteiger partial charge in [0, 0.05) is 23.8 Å². The van der Waals surface area contributed by atoms with Gasteiger partial charge in [-0.2, -0.15) is 0 Å². The van der Waals surface area contributed by atoms with Gasteiger partial charge in [0.15, 0.2) is 0 Å². The van der Waals surface area contributed by atoms with E-state index >= 15 is 0 Å². The van der Waals surface area contributed by atoms with Crippen LogP contribution in [0.5, 0.6) is 0 Å². The summed E-state index contributed by atoms with van der Waals surface area (Å²) >= 11 is 17.5. The van der Waals surface area contributed by atoms with Crippen LogP contribution in [0.2, 0.25) is 0 Å². The number of allylic oxidation sites excluding steroid dienone is 1. The van der Waals surface area contributed by atoms with E-state index in [2.05, 4.69) is 36.2 Å². The van der Waals surface area contributed by atoms with E-state index in [-0.39, 0.29) is 11.3 Å². The molecule has 1 amide bonds. The first-order chi connectivity index (χ1) is 11.0. The molecule has 1 aliphatic heterocycles. The molecule has 0 spiro atoms. The fraction of sp³-hybridized carbons (Fsp3) is 0.444. The smallest absolute Gasteiger partial charge is 0.234 e.